The van der Waals surface area contributed by atoms with Crippen LogP contribution in [0.1, 0.15) is 0 Å². The predicted molar refractivity (Wildman–Crippen MR) is 46.1 cm³/mol. The zero-order valence-electron chi connectivity index (χ0n) is 5.96. The summed E-state index contributed by atoms with van der Waals surface area (Å²) in [7, 11) is -4.14. The molecule has 13 heavy (non-hydrogen) atoms. The maximum Gasteiger partial charge on any atom is 0.338 e. The third kappa shape index (κ3) is 1.63. The van der Waals surface area contributed by atoms with Crippen LogP contribution >= 0.6 is 12.6 Å². The van der Waals surface area contributed by atoms with Crippen LogP contribution in [0.3, 0.4) is 0 Å². The number of carbonyl (C=O) groups is 2. The lowest BCUT2D eigenvalue weighted by Crippen LogP contribution is -2.10. The number of nitrogens with zero attached hydrogens (tertiary/aromatic N) is 1. The highest BCUT2D eigenvalue weighted by molar-refractivity contribution is 8.03. The fourth-order valence-electron chi connectivity index (χ4n) is 0.750. The first-order valence-corrected chi connectivity index (χ1v) is 4.76. The minimum Gasteiger partial charge on any atom is -0.478 e. The van der Waals surface area contributed by atoms with Crippen molar-refractivity contribution in [2.45, 2.75) is 0 Å². The van der Waals surface area contributed by atoms with Gasteiger partial charge in [0.2, 0.25) is 5.12 Å². The Kier molecular flexibility index (Phi) is 2.26. The summed E-state index contributed by atoms with van der Waals surface area (Å²) in [4.78, 5) is 20.2. The number of sulfonamides is 1. The van der Waals surface area contributed by atoms with E-state index in [1.807, 2.05) is 0 Å². The van der Waals surface area contributed by atoms with Crippen LogP contribution in [-0.4, -0.2) is 30.8 Å². The molecule has 6 nitrogen and oxygen atoms in total. The van der Waals surface area contributed by atoms with Crippen LogP contribution in [0.5, 0.6) is 0 Å². The smallest absolute Gasteiger partial charge is 0.338 e. The van der Waals surface area contributed by atoms with Gasteiger partial charge >= 0.3 is 5.97 Å². The molecule has 0 aromatic rings. The zero-order valence-corrected chi connectivity index (χ0v) is 7.67. The molecule has 1 N–H and O–H groups in total. The molecule has 0 spiro atoms. The molecule has 0 unspecified atom stereocenters. The number of thiol groups is 1. The third-order valence-corrected chi connectivity index (χ3v) is 2.93. The maximum atomic E-state index is 10.9. The average molecular weight is 221 g/mol. The molecule has 0 amide bonds. The molecular formula is C5H3NO5S2. The van der Waals surface area contributed by atoms with Crippen molar-refractivity contribution < 1.29 is 23.1 Å². The Morgan fingerprint density at radius 3 is 2.31 bits per heavy atom. The van der Waals surface area contributed by atoms with Gasteiger partial charge in [-0.15, -0.1) is 0 Å². The van der Waals surface area contributed by atoms with Gasteiger partial charge in [0, 0.05) is 0 Å². The van der Waals surface area contributed by atoms with Crippen molar-refractivity contribution in [2.75, 3.05) is 0 Å². The minimum absolute atomic E-state index is 0.612. The van der Waals surface area contributed by atoms with Crippen LogP contribution in [-0.2, 0) is 19.6 Å². The first-order valence-electron chi connectivity index (χ1n) is 2.87. The van der Waals surface area contributed by atoms with Crippen LogP contribution in [0.4, 0.5) is 0 Å². The van der Waals surface area contributed by atoms with Crippen molar-refractivity contribution in [3.63, 3.8) is 0 Å². The lowest BCUT2D eigenvalue weighted by molar-refractivity contribution is -0.132. The Morgan fingerprint density at radius 1 is 1.46 bits per heavy atom. The van der Waals surface area contributed by atoms with E-state index in [4.69, 9.17) is 5.11 Å². The Labute approximate surface area is 78.4 Å². The van der Waals surface area contributed by atoms with Crippen molar-refractivity contribution in [1.29, 1.82) is 0 Å². The monoisotopic (exact) mass is 221 g/mol. The summed E-state index contributed by atoms with van der Waals surface area (Å²) in [6.07, 6.45) is 0.612. The van der Waals surface area contributed by atoms with Gasteiger partial charge in [-0.05, 0) is 0 Å². The Balaban J connectivity index is 3.46. The van der Waals surface area contributed by atoms with E-state index in [9.17, 15) is 18.0 Å². The highest BCUT2D eigenvalue weighted by atomic mass is 32.2. The molecule has 0 saturated heterocycles. The van der Waals surface area contributed by atoms with Gasteiger partial charge in [0.1, 0.15) is 5.57 Å². The number of hydrogen-bond acceptors (Lipinski definition) is 4. The van der Waals surface area contributed by atoms with E-state index in [0.717, 1.165) is 0 Å². The van der Waals surface area contributed by atoms with Gasteiger partial charge in [-0.3, -0.25) is 4.79 Å². The quantitative estimate of drug-likeness (QED) is 0.594. The Morgan fingerprint density at radius 2 is 2.00 bits per heavy atom. The van der Waals surface area contributed by atoms with E-state index >= 15 is 0 Å². The van der Waals surface area contributed by atoms with Crippen LogP contribution < -0.4 is 0 Å². The molecule has 0 saturated carbocycles. The lowest BCUT2D eigenvalue weighted by Gasteiger charge is -1.94. The van der Waals surface area contributed by atoms with E-state index in [1.165, 1.54) is 0 Å². The van der Waals surface area contributed by atoms with Gasteiger partial charge < -0.3 is 5.11 Å². The molecule has 0 aromatic carbocycles. The molecular weight excluding hydrogens is 218 g/mol. The molecule has 1 heterocycles. The Bertz CT molecular complexity index is 444. The summed E-state index contributed by atoms with van der Waals surface area (Å²) >= 11 is 3.24. The van der Waals surface area contributed by atoms with Gasteiger partial charge in [-0.1, -0.05) is 12.6 Å². The molecule has 0 atom stereocenters. The SMILES string of the molecule is O=C(O)C1=C(C(=O)S)S(=O)(=O)N=C1. The van der Waals surface area contributed by atoms with Crippen molar-refractivity contribution in [1.82, 2.24) is 0 Å². The third-order valence-electron chi connectivity index (χ3n) is 1.25. The largest absolute Gasteiger partial charge is 0.478 e. The molecule has 1 aliphatic heterocycles. The Hall–Kier alpha value is -1.15. The molecule has 70 valence electrons. The standard InChI is InChI=1S/C5H3NO5S2/c7-4(8)2-1-6-13(10,11)3(2)5(9)12/h1H,(H,7,8)(H,9,12). The summed E-state index contributed by atoms with van der Waals surface area (Å²) in [5, 5.41) is 7.34. The highest BCUT2D eigenvalue weighted by Crippen LogP contribution is 2.21. The average Bonchev–Trinajstić information content (AvgIpc) is 2.24. The van der Waals surface area contributed by atoms with Gasteiger partial charge in [-0.2, -0.15) is 12.8 Å². The molecule has 1 rings (SSSR count). The number of carbonyl (C=O) groups excluding carboxylic acids is 1. The normalized spacial score (nSPS) is 19.2. The maximum absolute atomic E-state index is 10.9. The van der Waals surface area contributed by atoms with E-state index in [2.05, 4.69) is 17.0 Å². The summed E-state index contributed by atoms with van der Waals surface area (Å²) < 4.78 is 24.8. The number of aliphatic carboxylic acids is 1. The lowest BCUT2D eigenvalue weighted by atomic mass is 10.3. The van der Waals surface area contributed by atoms with Gasteiger partial charge in [0.05, 0.1) is 6.21 Å². The fourth-order valence-corrected chi connectivity index (χ4v) is 2.20. The summed E-state index contributed by atoms with van der Waals surface area (Å²) in [5.41, 5.74) is -0.653. The van der Waals surface area contributed by atoms with Crippen molar-refractivity contribution in [3.8, 4) is 0 Å². The summed E-state index contributed by atoms with van der Waals surface area (Å²) in [6.45, 7) is 0. The van der Waals surface area contributed by atoms with Crippen molar-refractivity contribution in [2.24, 2.45) is 4.40 Å². The van der Waals surface area contributed by atoms with Crippen LogP contribution in [0.25, 0.3) is 0 Å². The first-order chi connectivity index (χ1) is 5.86. The summed E-state index contributed by atoms with van der Waals surface area (Å²) in [6, 6.07) is 0. The second kappa shape index (κ2) is 2.96. The molecule has 1 aliphatic rings. The molecule has 0 bridgehead atoms. The number of rotatable bonds is 2. The molecule has 0 aliphatic carbocycles. The van der Waals surface area contributed by atoms with E-state index in [0.29, 0.717) is 6.21 Å². The second-order valence-corrected chi connectivity index (χ2v) is 4.04. The number of carboxylic acid groups (broad SMARTS) is 1. The molecule has 8 heteroatoms. The summed E-state index contributed by atoms with van der Waals surface area (Å²) in [5.74, 6) is -1.53. The zero-order chi connectivity index (χ0) is 10.2. The van der Waals surface area contributed by atoms with E-state index < -0.39 is 31.6 Å². The van der Waals surface area contributed by atoms with Gasteiger partial charge in [0.25, 0.3) is 10.0 Å². The van der Waals surface area contributed by atoms with Crippen LogP contribution in [0.2, 0.25) is 0 Å². The van der Waals surface area contributed by atoms with E-state index in [-0.39, 0.29) is 0 Å². The second-order valence-electron chi connectivity index (χ2n) is 2.06. The predicted octanol–water partition coefficient (Wildman–Crippen LogP) is -0.804. The van der Waals surface area contributed by atoms with Gasteiger partial charge in [-0.25, -0.2) is 4.79 Å². The van der Waals surface area contributed by atoms with Gasteiger partial charge in [0.15, 0.2) is 4.91 Å². The topological polar surface area (TPSA) is 101 Å². The highest BCUT2D eigenvalue weighted by Gasteiger charge is 2.33. The first kappa shape index (κ1) is 9.93. The molecule has 0 radical (unpaired) electrons. The minimum atomic E-state index is -4.14. The van der Waals surface area contributed by atoms with Crippen LogP contribution in [0, 0.1) is 0 Å². The molecule has 0 aromatic heterocycles. The fraction of sp³-hybridized carbons (Fsp3) is 0. The number of carboxylic acids is 1. The van der Waals surface area contributed by atoms with E-state index in [1.54, 1.807) is 0 Å². The number of hydrogen-bond donors (Lipinski definition) is 2. The molecule has 0 fully saturated rings. The van der Waals surface area contributed by atoms with Crippen LogP contribution in [0.15, 0.2) is 14.9 Å². The van der Waals surface area contributed by atoms with Crippen molar-refractivity contribution in [3.05, 3.63) is 10.5 Å². The van der Waals surface area contributed by atoms with Crippen molar-refractivity contribution >= 4 is 40.0 Å².